The molecule has 4 heteroatoms. The summed E-state index contributed by atoms with van der Waals surface area (Å²) in [7, 11) is 0. The lowest BCUT2D eigenvalue weighted by molar-refractivity contribution is 0.432. The number of hydrogen-bond donors (Lipinski definition) is 1. The van der Waals surface area contributed by atoms with Crippen LogP contribution in [0.2, 0.25) is 0 Å². The van der Waals surface area contributed by atoms with E-state index in [0.29, 0.717) is 6.04 Å². The Kier molecular flexibility index (Phi) is 5.64. The van der Waals surface area contributed by atoms with Gasteiger partial charge in [-0.1, -0.05) is 6.92 Å². The first-order valence-electron chi connectivity index (χ1n) is 7.32. The summed E-state index contributed by atoms with van der Waals surface area (Å²) in [6.07, 6.45) is 7.02. The van der Waals surface area contributed by atoms with E-state index in [9.17, 15) is 0 Å². The van der Waals surface area contributed by atoms with Gasteiger partial charge >= 0.3 is 0 Å². The summed E-state index contributed by atoms with van der Waals surface area (Å²) in [4.78, 5) is 7.10. The third-order valence-electron chi connectivity index (χ3n) is 3.66. The maximum Gasteiger partial charge on any atom is 0.143 e. The number of aromatic nitrogens is 1. The number of piperidine rings is 1. The number of pyridine rings is 1. The summed E-state index contributed by atoms with van der Waals surface area (Å²) in [5, 5.41) is 3.55. The van der Waals surface area contributed by atoms with Gasteiger partial charge in [-0.2, -0.15) is 0 Å². The standard InChI is InChI=1S/C15H24BrN3/c1-3-7-17-11-13-6-4-5-8-19(13)15-14(16)9-12(2)10-18-15/h9-10,13,17H,3-8,11H2,1-2H3. The first-order valence-corrected chi connectivity index (χ1v) is 8.11. The maximum atomic E-state index is 4.63. The summed E-state index contributed by atoms with van der Waals surface area (Å²) in [6, 6.07) is 2.74. The van der Waals surface area contributed by atoms with Crippen molar-refractivity contribution in [1.29, 1.82) is 0 Å². The normalized spacial score (nSPS) is 19.7. The second kappa shape index (κ2) is 7.25. The van der Waals surface area contributed by atoms with Gasteiger partial charge in [0.1, 0.15) is 5.82 Å². The highest BCUT2D eigenvalue weighted by Crippen LogP contribution is 2.29. The Labute approximate surface area is 124 Å². The highest BCUT2D eigenvalue weighted by Gasteiger charge is 2.24. The van der Waals surface area contributed by atoms with Crippen LogP contribution < -0.4 is 10.2 Å². The smallest absolute Gasteiger partial charge is 0.143 e. The topological polar surface area (TPSA) is 28.2 Å². The molecular weight excluding hydrogens is 302 g/mol. The van der Waals surface area contributed by atoms with Gasteiger partial charge in [0.25, 0.3) is 0 Å². The molecule has 0 amide bonds. The number of anilines is 1. The maximum absolute atomic E-state index is 4.63. The van der Waals surface area contributed by atoms with E-state index in [-0.39, 0.29) is 0 Å². The van der Waals surface area contributed by atoms with Crippen molar-refractivity contribution in [3.63, 3.8) is 0 Å². The van der Waals surface area contributed by atoms with E-state index in [1.807, 2.05) is 6.20 Å². The van der Waals surface area contributed by atoms with Crippen LogP contribution in [0.3, 0.4) is 0 Å². The van der Waals surface area contributed by atoms with Gasteiger partial charge in [0, 0.05) is 25.3 Å². The molecule has 0 radical (unpaired) electrons. The van der Waals surface area contributed by atoms with E-state index < -0.39 is 0 Å². The number of halogens is 1. The molecule has 0 aromatic carbocycles. The second-order valence-electron chi connectivity index (χ2n) is 5.37. The van der Waals surface area contributed by atoms with Gasteiger partial charge in [-0.05, 0) is 66.7 Å². The van der Waals surface area contributed by atoms with E-state index >= 15 is 0 Å². The molecule has 1 N–H and O–H groups in total. The van der Waals surface area contributed by atoms with E-state index in [1.54, 1.807) is 0 Å². The second-order valence-corrected chi connectivity index (χ2v) is 6.22. The van der Waals surface area contributed by atoms with Gasteiger partial charge in [0.2, 0.25) is 0 Å². The molecule has 2 rings (SSSR count). The summed E-state index contributed by atoms with van der Waals surface area (Å²) in [5.41, 5.74) is 1.20. The fourth-order valence-electron chi connectivity index (χ4n) is 2.67. The Morgan fingerprint density at radius 1 is 1.47 bits per heavy atom. The summed E-state index contributed by atoms with van der Waals surface area (Å²) < 4.78 is 1.12. The predicted molar refractivity (Wildman–Crippen MR) is 84.8 cm³/mol. The zero-order valence-corrected chi connectivity index (χ0v) is 13.5. The van der Waals surface area contributed by atoms with Crippen molar-refractivity contribution in [2.45, 2.75) is 45.6 Å². The minimum absolute atomic E-state index is 0.576. The Bertz CT molecular complexity index is 408. The number of rotatable bonds is 5. The average Bonchev–Trinajstić information content (AvgIpc) is 2.40. The van der Waals surface area contributed by atoms with Crippen molar-refractivity contribution in [2.24, 2.45) is 0 Å². The lowest BCUT2D eigenvalue weighted by Gasteiger charge is -2.37. The molecule has 106 valence electrons. The molecule has 0 saturated carbocycles. The number of nitrogens with one attached hydrogen (secondary N) is 1. The van der Waals surface area contributed by atoms with E-state index in [1.165, 1.54) is 31.2 Å². The molecule has 0 bridgehead atoms. The highest BCUT2D eigenvalue weighted by molar-refractivity contribution is 9.10. The monoisotopic (exact) mass is 325 g/mol. The van der Waals surface area contributed by atoms with E-state index in [2.05, 4.69) is 51.0 Å². The first kappa shape index (κ1) is 14.8. The van der Waals surface area contributed by atoms with Crippen molar-refractivity contribution < 1.29 is 0 Å². The number of hydrogen-bond acceptors (Lipinski definition) is 3. The van der Waals surface area contributed by atoms with Gasteiger partial charge in [-0.25, -0.2) is 4.98 Å². The van der Waals surface area contributed by atoms with Crippen molar-refractivity contribution in [2.75, 3.05) is 24.5 Å². The number of nitrogens with zero attached hydrogens (tertiary/aromatic N) is 2. The van der Waals surface area contributed by atoms with Crippen molar-refractivity contribution >= 4 is 21.7 Å². The molecule has 1 unspecified atom stereocenters. The molecule has 1 aliphatic rings. The number of aryl methyl sites for hydroxylation is 1. The summed E-state index contributed by atoms with van der Waals surface area (Å²) >= 11 is 3.67. The Hall–Kier alpha value is -0.610. The molecule has 1 saturated heterocycles. The molecule has 0 aliphatic carbocycles. The van der Waals surface area contributed by atoms with Crippen LogP contribution in [-0.4, -0.2) is 30.7 Å². The minimum atomic E-state index is 0.576. The molecule has 1 aromatic heterocycles. The van der Waals surface area contributed by atoms with Gasteiger partial charge < -0.3 is 10.2 Å². The molecule has 0 spiro atoms. The fourth-order valence-corrected chi connectivity index (χ4v) is 3.37. The molecular formula is C15H24BrN3. The molecule has 1 aromatic rings. The predicted octanol–water partition coefficient (Wildman–Crippen LogP) is 3.51. The Morgan fingerprint density at radius 3 is 3.05 bits per heavy atom. The largest absolute Gasteiger partial charge is 0.351 e. The van der Waals surface area contributed by atoms with Crippen molar-refractivity contribution in [1.82, 2.24) is 10.3 Å². The SMILES string of the molecule is CCCNCC1CCCCN1c1ncc(C)cc1Br. The minimum Gasteiger partial charge on any atom is -0.351 e. The molecule has 3 nitrogen and oxygen atoms in total. The fraction of sp³-hybridized carbons (Fsp3) is 0.667. The molecule has 1 fully saturated rings. The van der Waals surface area contributed by atoms with Crippen molar-refractivity contribution in [3.05, 3.63) is 22.3 Å². The first-order chi connectivity index (χ1) is 9.22. The highest BCUT2D eigenvalue weighted by atomic mass is 79.9. The van der Waals surface area contributed by atoms with Crippen LogP contribution in [-0.2, 0) is 0 Å². The van der Waals surface area contributed by atoms with Crippen molar-refractivity contribution in [3.8, 4) is 0 Å². The lowest BCUT2D eigenvalue weighted by atomic mass is 10.0. The van der Waals surface area contributed by atoms with Gasteiger partial charge in [0.05, 0.1) is 4.47 Å². The van der Waals surface area contributed by atoms with Crippen LogP contribution in [0.1, 0.15) is 38.2 Å². The molecule has 1 atom stereocenters. The summed E-state index contributed by atoms with van der Waals surface area (Å²) in [5.74, 6) is 1.11. The van der Waals surface area contributed by atoms with Gasteiger partial charge in [0.15, 0.2) is 0 Å². The lowest BCUT2D eigenvalue weighted by Crippen LogP contribution is -2.46. The zero-order valence-electron chi connectivity index (χ0n) is 12.0. The Morgan fingerprint density at radius 2 is 2.32 bits per heavy atom. The van der Waals surface area contributed by atoms with E-state index in [0.717, 1.165) is 29.9 Å². The third-order valence-corrected chi connectivity index (χ3v) is 4.25. The van der Waals surface area contributed by atoms with Crippen LogP contribution >= 0.6 is 15.9 Å². The molecule has 1 aliphatic heterocycles. The summed E-state index contributed by atoms with van der Waals surface area (Å²) in [6.45, 7) is 7.58. The van der Waals surface area contributed by atoms with Gasteiger partial charge in [-0.3, -0.25) is 0 Å². The van der Waals surface area contributed by atoms with Crippen LogP contribution in [0, 0.1) is 6.92 Å². The molecule has 2 heterocycles. The van der Waals surface area contributed by atoms with Crippen LogP contribution in [0.5, 0.6) is 0 Å². The van der Waals surface area contributed by atoms with Gasteiger partial charge in [-0.15, -0.1) is 0 Å². The van der Waals surface area contributed by atoms with Crippen LogP contribution in [0.15, 0.2) is 16.7 Å². The molecule has 19 heavy (non-hydrogen) atoms. The quantitative estimate of drug-likeness (QED) is 0.839. The Balaban J connectivity index is 2.09. The van der Waals surface area contributed by atoms with E-state index in [4.69, 9.17) is 0 Å². The van der Waals surface area contributed by atoms with Crippen LogP contribution in [0.4, 0.5) is 5.82 Å². The third kappa shape index (κ3) is 3.93. The van der Waals surface area contributed by atoms with Crippen LogP contribution in [0.25, 0.3) is 0 Å². The zero-order chi connectivity index (χ0) is 13.7. The average molecular weight is 326 g/mol.